The van der Waals surface area contributed by atoms with Gasteiger partial charge in [-0.1, -0.05) is 29.8 Å². The van der Waals surface area contributed by atoms with Gasteiger partial charge in [0.1, 0.15) is 5.69 Å². The molecule has 0 unspecified atom stereocenters. The fourth-order valence-corrected chi connectivity index (χ4v) is 2.27. The molecule has 3 aromatic carbocycles. The van der Waals surface area contributed by atoms with Crippen LogP contribution in [0.15, 0.2) is 83.0 Å². The third-order valence-electron chi connectivity index (χ3n) is 3.40. The highest BCUT2D eigenvalue weighted by molar-refractivity contribution is 6.30. The fraction of sp³-hybridized carbons (Fsp3) is 0. The van der Waals surface area contributed by atoms with E-state index in [0.29, 0.717) is 33.3 Å². The molecule has 0 saturated heterocycles. The van der Waals surface area contributed by atoms with Crippen molar-refractivity contribution in [1.82, 2.24) is 0 Å². The molecule has 25 heavy (non-hydrogen) atoms. The van der Waals surface area contributed by atoms with E-state index < -0.39 is 0 Å². The number of amides is 1. The van der Waals surface area contributed by atoms with Gasteiger partial charge in [-0.2, -0.15) is 5.11 Å². The summed E-state index contributed by atoms with van der Waals surface area (Å²) < 4.78 is 0. The maximum absolute atomic E-state index is 12.4. The summed E-state index contributed by atoms with van der Waals surface area (Å²) in [6.45, 7) is 0. The number of carbonyl (C=O) groups is 1. The second-order valence-corrected chi connectivity index (χ2v) is 5.71. The second kappa shape index (κ2) is 7.59. The van der Waals surface area contributed by atoms with Crippen LogP contribution in [0.2, 0.25) is 5.02 Å². The number of anilines is 2. The highest BCUT2D eigenvalue weighted by Gasteiger charge is 2.09. The molecule has 124 valence electrons. The Balaban J connectivity index is 1.85. The average molecular weight is 351 g/mol. The van der Waals surface area contributed by atoms with E-state index in [1.54, 1.807) is 66.7 Å². The maximum atomic E-state index is 12.4. The molecule has 0 aliphatic heterocycles. The number of nitrogens with one attached hydrogen (secondary N) is 1. The minimum Gasteiger partial charge on any atom is -0.399 e. The van der Waals surface area contributed by atoms with Crippen LogP contribution < -0.4 is 11.1 Å². The van der Waals surface area contributed by atoms with Gasteiger partial charge in [0.2, 0.25) is 0 Å². The summed E-state index contributed by atoms with van der Waals surface area (Å²) in [6.07, 6.45) is 0. The first-order valence-corrected chi connectivity index (χ1v) is 7.93. The number of nitrogens with zero attached hydrogens (tertiary/aromatic N) is 2. The molecule has 0 fully saturated rings. The quantitative estimate of drug-likeness (QED) is 0.475. The zero-order chi connectivity index (χ0) is 17.6. The van der Waals surface area contributed by atoms with Crippen LogP contribution in [0.25, 0.3) is 0 Å². The number of azo groups is 1. The first kappa shape index (κ1) is 16.7. The average Bonchev–Trinajstić information content (AvgIpc) is 2.63. The van der Waals surface area contributed by atoms with Gasteiger partial charge in [0, 0.05) is 16.3 Å². The van der Waals surface area contributed by atoms with Gasteiger partial charge in [-0.15, -0.1) is 5.11 Å². The van der Waals surface area contributed by atoms with Gasteiger partial charge < -0.3 is 11.1 Å². The second-order valence-electron chi connectivity index (χ2n) is 5.27. The Bertz CT molecular complexity index is 908. The van der Waals surface area contributed by atoms with Crippen LogP contribution in [0.5, 0.6) is 0 Å². The van der Waals surface area contributed by atoms with Crippen molar-refractivity contribution in [1.29, 1.82) is 0 Å². The molecule has 6 heteroatoms. The highest BCUT2D eigenvalue weighted by atomic mass is 35.5. The van der Waals surface area contributed by atoms with Gasteiger partial charge in [-0.25, -0.2) is 0 Å². The van der Waals surface area contributed by atoms with Crippen molar-refractivity contribution in [2.75, 3.05) is 11.1 Å². The number of carbonyl (C=O) groups excluding carboxylic acids is 1. The van der Waals surface area contributed by atoms with Crippen molar-refractivity contribution >= 4 is 40.3 Å². The van der Waals surface area contributed by atoms with Crippen molar-refractivity contribution in [2.45, 2.75) is 0 Å². The molecule has 0 bridgehead atoms. The third-order valence-corrected chi connectivity index (χ3v) is 3.66. The zero-order valence-corrected chi connectivity index (χ0v) is 13.9. The lowest BCUT2D eigenvalue weighted by atomic mass is 10.2. The maximum Gasteiger partial charge on any atom is 0.255 e. The normalized spacial score (nSPS) is 10.8. The van der Waals surface area contributed by atoms with Crippen molar-refractivity contribution in [3.8, 4) is 0 Å². The number of nitrogens with two attached hydrogens (primary N) is 1. The molecule has 0 spiro atoms. The Hall–Kier alpha value is -3.18. The highest BCUT2D eigenvalue weighted by Crippen LogP contribution is 2.29. The van der Waals surface area contributed by atoms with Crippen LogP contribution >= 0.6 is 11.6 Å². The Labute approximate surface area is 150 Å². The SMILES string of the molecule is Nc1ccc(/N=N/c2ccc(Cl)cc2)c(NC(=O)c2ccccc2)c1. The minimum absolute atomic E-state index is 0.242. The van der Waals surface area contributed by atoms with Crippen molar-refractivity contribution in [2.24, 2.45) is 10.2 Å². The fourth-order valence-electron chi connectivity index (χ4n) is 2.14. The lowest BCUT2D eigenvalue weighted by Gasteiger charge is -2.08. The van der Waals surface area contributed by atoms with E-state index in [1.807, 2.05) is 6.07 Å². The monoisotopic (exact) mass is 350 g/mol. The summed E-state index contributed by atoms with van der Waals surface area (Å²) in [5.74, 6) is -0.242. The lowest BCUT2D eigenvalue weighted by molar-refractivity contribution is 0.102. The van der Waals surface area contributed by atoms with Crippen molar-refractivity contribution in [3.05, 3.63) is 83.4 Å². The molecule has 3 rings (SSSR count). The van der Waals surface area contributed by atoms with E-state index in [1.165, 1.54) is 0 Å². The molecular weight excluding hydrogens is 336 g/mol. The summed E-state index contributed by atoms with van der Waals surface area (Å²) in [6, 6.07) is 21.0. The number of hydrogen-bond acceptors (Lipinski definition) is 4. The van der Waals surface area contributed by atoms with Crippen LogP contribution in [0, 0.1) is 0 Å². The molecular formula is C19H15ClN4O. The van der Waals surface area contributed by atoms with Crippen LogP contribution in [0.1, 0.15) is 10.4 Å². The Morgan fingerprint density at radius 1 is 0.920 bits per heavy atom. The summed E-state index contributed by atoms with van der Waals surface area (Å²) in [5, 5.41) is 11.8. The molecule has 0 saturated carbocycles. The van der Waals surface area contributed by atoms with Crippen LogP contribution in [0.3, 0.4) is 0 Å². The third kappa shape index (κ3) is 4.43. The first-order chi connectivity index (χ1) is 12.1. The van der Waals surface area contributed by atoms with E-state index in [4.69, 9.17) is 17.3 Å². The topological polar surface area (TPSA) is 79.8 Å². The lowest BCUT2D eigenvalue weighted by Crippen LogP contribution is -2.11. The molecule has 0 radical (unpaired) electrons. The van der Waals surface area contributed by atoms with Gasteiger partial charge in [0.25, 0.3) is 5.91 Å². The first-order valence-electron chi connectivity index (χ1n) is 7.55. The van der Waals surface area contributed by atoms with Crippen LogP contribution in [0.4, 0.5) is 22.7 Å². The van der Waals surface area contributed by atoms with E-state index in [9.17, 15) is 4.79 Å². The standard InChI is InChI=1S/C19H15ClN4O/c20-14-6-9-16(10-7-14)23-24-17-11-8-15(21)12-18(17)22-19(25)13-4-2-1-3-5-13/h1-12H,21H2,(H,22,25)/b24-23+. The summed E-state index contributed by atoms with van der Waals surface area (Å²) >= 11 is 5.85. The van der Waals surface area contributed by atoms with Crippen molar-refractivity contribution < 1.29 is 4.79 Å². The summed E-state index contributed by atoms with van der Waals surface area (Å²) in [7, 11) is 0. The molecule has 1 amide bonds. The largest absolute Gasteiger partial charge is 0.399 e. The van der Waals surface area contributed by atoms with E-state index >= 15 is 0 Å². The number of rotatable bonds is 4. The summed E-state index contributed by atoms with van der Waals surface area (Å²) in [5.41, 5.74) is 8.55. The van der Waals surface area contributed by atoms with E-state index in [0.717, 1.165) is 0 Å². The smallest absolute Gasteiger partial charge is 0.255 e. The minimum atomic E-state index is -0.242. The van der Waals surface area contributed by atoms with Crippen molar-refractivity contribution in [3.63, 3.8) is 0 Å². The van der Waals surface area contributed by atoms with Gasteiger partial charge in [-0.05, 0) is 54.6 Å². The zero-order valence-electron chi connectivity index (χ0n) is 13.2. The molecule has 0 aliphatic carbocycles. The van der Waals surface area contributed by atoms with Crippen LogP contribution in [-0.4, -0.2) is 5.91 Å². The Kier molecular flexibility index (Phi) is 5.06. The Morgan fingerprint density at radius 3 is 2.36 bits per heavy atom. The number of halogens is 1. The Morgan fingerprint density at radius 2 is 1.64 bits per heavy atom. The van der Waals surface area contributed by atoms with Gasteiger partial charge in [-0.3, -0.25) is 4.79 Å². The number of benzene rings is 3. The molecule has 0 heterocycles. The van der Waals surface area contributed by atoms with Crippen LogP contribution in [-0.2, 0) is 0 Å². The molecule has 5 nitrogen and oxygen atoms in total. The predicted octanol–water partition coefficient (Wildman–Crippen LogP) is 5.59. The van der Waals surface area contributed by atoms with Gasteiger partial charge >= 0.3 is 0 Å². The molecule has 3 N–H and O–H groups in total. The molecule has 0 aromatic heterocycles. The molecule has 3 aromatic rings. The molecule has 0 aliphatic rings. The van der Waals surface area contributed by atoms with Gasteiger partial charge in [0.05, 0.1) is 11.4 Å². The number of nitrogen functional groups attached to an aromatic ring is 1. The summed E-state index contributed by atoms with van der Waals surface area (Å²) in [4.78, 5) is 12.4. The molecule has 0 atom stereocenters. The number of hydrogen-bond donors (Lipinski definition) is 2. The van der Waals surface area contributed by atoms with Gasteiger partial charge in [0.15, 0.2) is 0 Å². The predicted molar refractivity (Wildman–Crippen MR) is 101 cm³/mol. The van der Waals surface area contributed by atoms with E-state index in [-0.39, 0.29) is 5.91 Å². The van der Waals surface area contributed by atoms with E-state index in [2.05, 4.69) is 15.5 Å².